The number of anilines is 1. The number of nitrogens with zero attached hydrogens (tertiary/aromatic N) is 1. The number of aliphatic hydroxyl groups excluding tert-OH is 1. The van der Waals surface area contributed by atoms with Gasteiger partial charge in [-0.1, -0.05) is 23.7 Å². The quantitative estimate of drug-likeness (QED) is 0.453. The third-order valence-electron chi connectivity index (χ3n) is 3.44. The Balaban J connectivity index is 2.04. The summed E-state index contributed by atoms with van der Waals surface area (Å²) in [6.07, 6.45) is -1.16. The second kappa shape index (κ2) is 8.41. The number of nitro groups is 1. The lowest BCUT2D eigenvalue weighted by molar-refractivity contribution is -0.384. The first-order valence-corrected chi connectivity index (χ1v) is 7.85. The van der Waals surface area contributed by atoms with E-state index in [0.717, 1.165) is 6.07 Å². The van der Waals surface area contributed by atoms with Crippen molar-refractivity contribution in [2.45, 2.75) is 19.6 Å². The van der Waals surface area contributed by atoms with Crippen LogP contribution in [0.4, 0.5) is 11.4 Å². The highest BCUT2D eigenvalue weighted by atomic mass is 35.5. The molecule has 2 aromatic carbocycles. The molecular formula is C17H15ClN2O6. The molecule has 1 amide bonds. The smallest absolute Gasteiger partial charge is 0.338 e. The standard InChI is InChI=1S/C17H15ClN2O6/c1-10(26-17(23)12-4-2-11(9-21)3-5-12)16(22)19-15-8-13(20(24)25)6-7-14(15)18/h2-8,10,21H,9H2,1H3,(H,19,22)/t10-/m0/s1. The van der Waals surface area contributed by atoms with Crippen LogP contribution in [-0.4, -0.2) is 28.0 Å². The Kier molecular flexibility index (Phi) is 6.26. The molecule has 0 unspecified atom stereocenters. The zero-order valence-electron chi connectivity index (χ0n) is 13.6. The van der Waals surface area contributed by atoms with Gasteiger partial charge in [-0.05, 0) is 30.7 Å². The van der Waals surface area contributed by atoms with Gasteiger partial charge in [0.2, 0.25) is 0 Å². The number of non-ortho nitro benzene ring substituents is 1. The van der Waals surface area contributed by atoms with Gasteiger partial charge in [0.1, 0.15) is 0 Å². The Morgan fingerprint density at radius 3 is 2.50 bits per heavy atom. The molecule has 0 aliphatic carbocycles. The van der Waals surface area contributed by atoms with Crippen molar-refractivity contribution in [1.82, 2.24) is 0 Å². The number of carbonyl (C=O) groups excluding carboxylic acids is 2. The fraction of sp³-hybridized carbons (Fsp3) is 0.176. The second-order valence-corrected chi connectivity index (χ2v) is 5.72. The van der Waals surface area contributed by atoms with Crippen LogP contribution in [0.5, 0.6) is 0 Å². The van der Waals surface area contributed by atoms with Gasteiger partial charge < -0.3 is 15.2 Å². The molecule has 0 saturated carbocycles. The van der Waals surface area contributed by atoms with Crippen molar-refractivity contribution in [3.8, 4) is 0 Å². The van der Waals surface area contributed by atoms with Gasteiger partial charge in [0.25, 0.3) is 11.6 Å². The van der Waals surface area contributed by atoms with Gasteiger partial charge in [0, 0.05) is 12.1 Å². The van der Waals surface area contributed by atoms with Gasteiger partial charge >= 0.3 is 5.97 Å². The number of nitro benzene ring substituents is 1. The minimum atomic E-state index is -1.16. The fourth-order valence-electron chi connectivity index (χ4n) is 1.99. The molecule has 8 nitrogen and oxygen atoms in total. The molecule has 0 saturated heterocycles. The molecule has 2 N–H and O–H groups in total. The maximum Gasteiger partial charge on any atom is 0.338 e. The van der Waals surface area contributed by atoms with Crippen molar-refractivity contribution >= 4 is 34.9 Å². The van der Waals surface area contributed by atoms with E-state index in [1.54, 1.807) is 12.1 Å². The lowest BCUT2D eigenvalue weighted by Crippen LogP contribution is -2.30. The molecule has 136 valence electrons. The van der Waals surface area contributed by atoms with Crippen molar-refractivity contribution in [3.05, 3.63) is 68.7 Å². The van der Waals surface area contributed by atoms with Gasteiger partial charge in [-0.25, -0.2) is 4.79 Å². The Morgan fingerprint density at radius 1 is 1.27 bits per heavy atom. The molecule has 0 fully saturated rings. The topological polar surface area (TPSA) is 119 Å². The average molecular weight is 379 g/mol. The zero-order chi connectivity index (χ0) is 19.3. The van der Waals surface area contributed by atoms with E-state index in [-0.39, 0.29) is 28.6 Å². The van der Waals surface area contributed by atoms with E-state index in [4.69, 9.17) is 21.4 Å². The predicted octanol–water partition coefficient (Wildman–Crippen LogP) is 2.92. The number of aliphatic hydroxyl groups is 1. The molecule has 0 aliphatic heterocycles. The highest BCUT2D eigenvalue weighted by molar-refractivity contribution is 6.33. The Hall–Kier alpha value is -2.97. The summed E-state index contributed by atoms with van der Waals surface area (Å²) >= 11 is 5.91. The van der Waals surface area contributed by atoms with Gasteiger partial charge in [-0.3, -0.25) is 14.9 Å². The SMILES string of the molecule is C[C@H](OC(=O)c1ccc(CO)cc1)C(=O)Nc1cc([N+](=O)[O-])ccc1Cl. The molecule has 2 aromatic rings. The first-order chi connectivity index (χ1) is 12.3. The summed E-state index contributed by atoms with van der Waals surface area (Å²) in [5.41, 5.74) is 0.655. The van der Waals surface area contributed by atoms with Gasteiger partial charge in [0.15, 0.2) is 6.10 Å². The van der Waals surface area contributed by atoms with Crippen LogP contribution in [0.1, 0.15) is 22.8 Å². The summed E-state index contributed by atoms with van der Waals surface area (Å²) in [6.45, 7) is 1.21. The normalized spacial score (nSPS) is 11.5. The third-order valence-corrected chi connectivity index (χ3v) is 3.77. The molecule has 2 rings (SSSR count). The van der Waals surface area contributed by atoms with E-state index in [0.29, 0.717) is 5.56 Å². The monoisotopic (exact) mass is 378 g/mol. The summed E-state index contributed by atoms with van der Waals surface area (Å²) in [6, 6.07) is 9.66. The highest BCUT2D eigenvalue weighted by Gasteiger charge is 2.21. The summed E-state index contributed by atoms with van der Waals surface area (Å²) < 4.78 is 5.07. The number of hydrogen-bond donors (Lipinski definition) is 2. The maximum atomic E-state index is 12.2. The first-order valence-electron chi connectivity index (χ1n) is 7.47. The van der Waals surface area contributed by atoms with Crippen LogP contribution in [0.25, 0.3) is 0 Å². The molecule has 0 aliphatic rings. The van der Waals surface area contributed by atoms with Crippen molar-refractivity contribution in [2.75, 3.05) is 5.32 Å². The first kappa shape index (κ1) is 19.4. The average Bonchev–Trinajstić information content (AvgIpc) is 2.63. The highest BCUT2D eigenvalue weighted by Crippen LogP contribution is 2.26. The number of ether oxygens (including phenoxy) is 1. The van der Waals surface area contributed by atoms with Crippen LogP contribution < -0.4 is 5.32 Å². The summed E-state index contributed by atoms with van der Waals surface area (Å²) in [5.74, 6) is -1.41. The van der Waals surface area contributed by atoms with Crippen LogP contribution in [-0.2, 0) is 16.1 Å². The van der Waals surface area contributed by atoms with Gasteiger partial charge in [-0.15, -0.1) is 0 Å². The summed E-state index contributed by atoms with van der Waals surface area (Å²) in [4.78, 5) is 34.4. The molecule has 0 radical (unpaired) electrons. The van der Waals surface area contributed by atoms with E-state index >= 15 is 0 Å². The molecule has 26 heavy (non-hydrogen) atoms. The molecule has 9 heteroatoms. The minimum Gasteiger partial charge on any atom is -0.449 e. The lowest BCUT2D eigenvalue weighted by Gasteiger charge is -2.14. The van der Waals surface area contributed by atoms with Crippen LogP contribution in [0.3, 0.4) is 0 Å². The van der Waals surface area contributed by atoms with Crippen LogP contribution in [0.15, 0.2) is 42.5 Å². The number of benzene rings is 2. The van der Waals surface area contributed by atoms with Crippen LogP contribution in [0, 0.1) is 10.1 Å². The van der Waals surface area contributed by atoms with E-state index < -0.39 is 22.9 Å². The number of carbonyl (C=O) groups is 2. The lowest BCUT2D eigenvalue weighted by atomic mass is 10.1. The Morgan fingerprint density at radius 2 is 1.92 bits per heavy atom. The van der Waals surface area contributed by atoms with Crippen molar-refractivity contribution < 1.29 is 24.4 Å². The van der Waals surface area contributed by atoms with Crippen LogP contribution in [0.2, 0.25) is 5.02 Å². The van der Waals surface area contributed by atoms with Crippen molar-refractivity contribution in [1.29, 1.82) is 0 Å². The third kappa shape index (κ3) is 4.78. The van der Waals surface area contributed by atoms with Gasteiger partial charge in [-0.2, -0.15) is 0 Å². The summed E-state index contributed by atoms with van der Waals surface area (Å²) in [7, 11) is 0. The van der Waals surface area contributed by atoms with E-state index in [9.17, 15) is 19.7 Å². The molecule has 0 aromatic heterocycles. The molecular weight excluding hydrogens is 364 g/mol. The van der Waals surface area contributed by atoms with Crippen molar-refractivity contribution in [3.63, 3.8) is 0 Å². The zero-order valence-corrected chi connectivity index (χ0v) is 14.4. The number of hydrogen-bond acceptors (Lipinski definition) is 6. The Labute approximate surface area is 153 Å². The van der Waals surface area contributed by atoms with Crippen LogP contribution >= 0.6 is 11.6 Å². The minimum absolute atomic E-state index is 0.0427. The summed E-state index contributed by atoms with van der Waals surface area (Å²) in [5, 5.41) is 22.3. The number of esters is 1. The number of halogens is 1. The van der Waals surface area contributed by atoms with E-state index in [1.165, 1.54) is 31.2 Å². The fourth-order valence-corrected chi connectivity index (χ4v) is 2.15. The molecule has 0 spiro atoms. The van der Waals surface area contributed by atoms with E-state index in [1.807, 2.05) is 0 Å². The van der Waals surface area contributed by atoms with Crippen molar-refractivity contribution in [2.24, 2.45) is 0 Å². The van der Waals surface area contributed by atoms with E-state index in [2.05, 4.69) is 5.32 Å². The molecule has 0 bridgehead atoms. The number of nitrogens with one attached hydrogen (secondary N) is 1. The molecule has 0 heterocycles. The van der Waals surface area contributed by atoms with Gasteiger partial charge in [0.05, 0.1) is 27.8 Å². The second-order valence-electron chi connectivity index (χ2n) is 5.31. The largest absolute Gasteiger partial charge is 0.449 e. The number of amides is 1. The number of rotatable bonds is 6. The maximum absolute atomic E-state index is 12.2. The Bertz CT molecular complexity index is 838. The molecule has 1 atom stereocenters. The predicted molar refractivity (Wildman–Crippen MR) is 94.0 cm³/mol.